The van der Waals surface area contributed by atoms with Gasteiger partial charge in [-0.25, -0.2) is 14.4 Å². The number of aryl methyl sites for hydroxylation is 2. The Bertz CT molecular complexity index is 1270. The summed E-state index contributed by atoms with van der Waals surface area (Å²) in [6, 6.07) is 22.2. The van der Waals surface area contributed by atoms with E-state index >= 15 is 0 Å². The van der Waals surface area contributed by atoms with Gasteiger partial charge >= 0.3 is 0 Å². The summed E-state index contributed by atoms with van der Waals surface area (Å²) < 4.78 is 15.3. The number of fused-ring (bicyclic) bond motifs is 1. The minimum absolute atomic E-state index is 0.228. The third kappa shape index (κ3) is 3.72. The highest BCUT2D eigenvalue weighted by Gasteiger charge is 2.14. The van der Waals surface area contributed by atoms with Crippen LogP contribution >= 0.6 is 11.6 Å². The molecule has 5 aromatic rings. The molecule has 0 spiro atoms. The summed E-state index contributed by atoms with van der Waals surface area (Å²) >= 11 is 6.07. The van der Waals surface area contributed by atoms with Crippen molar-refractivity contribution in [3.8, 4) is 17.2 Å². The number of halogens is 2. The summed E-state index contributed by atoms with van der Waals surface area (Å²) in [6.07, 6.45) is 3.44. The molecular formula is C24H18ClFN4. The number of imidazole rings is 2. The topological polar surface area (TPSA) is 46.5 Å². The number of nitrogens with zero attached hydrogens (tertiary/aromatic N) is 3. The highest BCUT2D eigenvalue weighted by atomic mass is 35.5. The first-order chi connectivity index (χ1) is 14.7. The largest absolute Gasteiger partial charge is 0.337 e. The molecule has 3 aromatic carbocycles. The Morgan fingerprint density at radius 2 is 1.63 bits per heavy atom. The summed E-state index contributed by atoms with van der Waals surface area (Å²) in [4.78, 5) is 12.9. The number of hydrogen-bond donors (Lipinski definition) is 1. The summed E-state index contributed by atoms with van der Waals surface area (Å²) in [5.41, 5.74) is 4.69. The van der Waals surface area contributed by atoms with Crippen molar-refractivity contribution in [1.29, 1.82) is 0 Å². The van der Waals surface area contributed by atoms with Crippen LogP contribution in [0.3, 0.4) is 0 Å². The van der Waals surface area contributed by atoms with Crippen molar-refractivity contribution < 1.29 is 4.39 Å². The van der Waals surface area contributed by atoms with Crippen LogP contribution in [-0.4, -0.2) is 19.5 Å². The van der Waals surface area contributed by atoms with Crippen LogP contribution in [0.4, 0.5) is 4.39 Å². The van der Waals surface area contributed by atoms with Crippen LogP contribution in [-0.2, 0) is 12.8 Å². The van der Waals surface area contributed by atoms with Gasteiger partial charge in [-0.1, -0.05) is 35.9 Å². The van der Waals surface area contributed by atoms with E-state index in [1.165, 1.54) is 12.1 Å². The van der Waals surface area contributed by atoms with Crippen LogP contribution in [0.5, 0.6) is 0 Å². The summed E-state index contributed by atoms with van der Waals surface area (Å²) in [6.45, 7) is 0. The monoisotopic (exact) mass is 416 g/mol. The van der Waals surface area contributed by atoms with Crippen LogP contribution in [0.2, 0.25) is 5.02 Å². The fourth-order valence-corrected chi connectivity index (χ4v) is 3.64. The van der Waals surface area contributed by atoms with Crippen molar-refractivity contribution in [2.24, 2.45) is 0 Å². The van der Waals surface area contributed by atoms with E-state index < -0.39 is 0 Å². The molecule has 2 aromatic heterocycles. The lowest BCUT2D eigenvalue weighted by molar-refractivity contribution is 0.627. The molecule has 148 valence electrons. The molecule has 0 aliphatic rings. The predicted molar refractivity (Wildman–Crippen MR) is 117 cm³/mol. The van der Waals surface area contributed by atoms with E-state index in [9.17, 15) is 4.39 Å². The lowest BCUT2D eigenvalue weighted by Gasteiger charge is -2.08. The second-order valence-electron chi connectivity index (χ2n) is 7.12. The second-order valence-corrected chi connectivity index (χ2v) is 7.55. The minimum atomic E-state index is -0.228. The molecule has 0 fully saturated rings. The summed E-state index contributed by atoms with van der Waals surface area (Å²) in [5, 5.41) is 0.684. The van der Waals surface area contributed by atoms with E-state index in [-0.39, 0.29) is 5.82 Å². The third-order valence-corrected chi connectivity index (χ3v) is 5.32. The van der Waals surface area contributed by atoms with Crippen LogP contribution in [0, 0.1) is 5.82 Å². The minimum Gasteiger partial charge on any atom is -0.337 e. The molecule has 2 heterocycles. The molecule has 1 N–H and O–H groups in total. The van der Waals surface area contributed by atoms with Gasteiger partial charge in [0.1, 0.15) is 17.3 Å². The van der Waals surface area contributed by atoms with Crippen molar-refractivity contribution in [3.05, 3.63) is 101 Å². The van der Waals surface area contributed by atoms with Gasteiger partial charge in [0.05, 0.1) is 11.0 Å². The Morgan fingerprint density at radius 1 is 0.867 bits per heavy atom. The van der Waals surface area contributed by atoms with Crippen molar-refractivity contribution >= 4 is 22.6 Å². The number of nitrogens with one attached hydrogen (secondary N) is 1. The first-order valence-corrected chi connectivity index (χ1v) is 10.1. The first-order valence-electron chi connectivity index (χ1n) is 9.69. The average molecular weight is 417 g/mol. The molecule has 0 saturated carbocycles. The van der Waals surface area contributed by atoms with Gasteiger partial charge < -0.3 is 9.55 Å². The summed E-state index contributed by atoms with van der Waals surface area (Å²) in [5.74, 6) is 1.40. The number of aromatic nitrogens is 4. The zero-order valence-electron chi connectivity index (χ0n) is 16.0. The van der Waals surface area contributed by atoms with Gasteiger partial charge in [-0.3, -0.25) is 0 Å². The van der Waals surface area contributed by atoms with E-state index in [1.807, 2.05) is 66.9 Å². The Morgan fingerprint density at radius 3 is 2.40 bits per heavy atom. The molecule has 0 aliphatic heterocycles. The van der Waals surface area contributed by atoms with Gasteiger partial charge in [-0.2, -0.15) is 0 Å². The van der Waals surface area contributed by atoms with Gasteiger partial charge in [-0.05, 0) is 60.5 Å². The van der Waals surface area contributed by atoms with Crippen LogP contribution in [0.1, 0.15) is 11.4 Å². The van der Waals surface area contributed by atoms with Crippen molar-refractivity contribution in [2.45, 2.75) is 12.8 Å². The maximum Gasteiger partial charge on any atom is 0.158 e. The lowest BCUT2D eigenvalue weighted by Crippen LogP contribution is -2.02. The molecule has 0 amide bonds. The average Bonchev–Trinajstić information content (AvgIpc) is 3.38. The Balaban J connectivity index is 1.53. The number of rotatable bonds is 5. The molecule has 5 rings (SSSR count). The highest BCUT2D eigenvalue weighted by molar-refractivity contribution is 6.30. The van der Waals surface area contributed by atoms with Crippen molar-refractivity contribution in [1.82, 2.24) is 19.5 Å². The van der Waals surface area contributed by atoms with Crippen LogP contribution in [0.15, 0.2) is 79.0 Å². The van der Waals surface area contributed by atoms with E-state index in [2.05, 4.69) is 14.5 Å². The number of para-hydroxylation sites is 2. The standard InChI is InChI=1S/C24H18ClFN4/c25-17-8-12-19(13-9-17)30-15-22(24-28-20-3-1-2-4-21(20)29-24)27-23(30)14-7-16-5-10-18(26)11-6-16/h1-6,8-13,15H,7,14H2,(H,28,29). The highest BCUT2D eigenvalue weighted by Crippen LogP contribution is 2.24. The van der Waals surface area contributed by atoms with Crippen LogP contribution < -0.4 is 0 Å². The molecule has 0 saturated heterocycles. The molecule has 0 radical (unpaired) electrons. The van der Waals surface area contributed by atoms with Gasteiger partial charge in [0.15, 0.2) is 5.82 Å². The zero-order valence-corrected chi connectivity index (χ0v) is 16.8. The quantitative estimate of drug-likeness (QED) is 0.382. The van der Waals surface area contributed by atoms with Crippen molar-refractivity contribution in [2.75, 3.05) is 0 Å². The van der Waals surface area contributed by atoms with Gasteiger partial charge in [0.25, 0.3) is 0 Å². The fraction of sp³-hybridized carbons (Fsp3) is 0.0833. The van der Waals surface area contributed by atoms with Gasteiger partial charge in [0, 0.05) is 23.3 Å². The van der Waals surface area contributed by atoms with Gasteiger partial charge in [-0.15, -0.1) is 0 Å². The SMILES string of the molecule is Fc1ccc(CCc2nc(-c3nc4ccccc4[nH]3)cn2-c2ccc(Cl)cc2)cc1. The molecule has 6 heteroatoms. The second kappa shape index (κ2) is 7.76. The molecule has 30 heavy (non-hydrogen) atoms. The van der Waals surface area contributed by atoms with Crippen molar-refractivity contribution in [3.63, 3.8) is 0 Å². The predicted octanol–water partition coefficient (Wildman–Crippen LogP) is 5.99. The van der Waals surface area contributed by atoms with E-state index in [1.54, 1.807) is 0 Å². The van der Waals surface area contributed by atoms with Crippen LogP contribution in [0.25, 0.3) is 28.2 Å². The maximum atomic E-state index is 13.2. The number of aromatic amines is 1. The number of benzene rings is 3. The smallest absolute Gasteiger partial charge is 0.158 e. The first kappa shape index (κ1) is 18.6. The summed E-state index contributed by atoms with van der Waals surface area (Å²) in [7, 11) is 0. The third-order valence-electron chi connectivity index (χ3n) is 5.07. The molecule has 0 aliphatic carbocycles. The van der Waals surface area contributed by atoms with Gasteiger partial charge in [0.2, 0.25) is 0 Å². The van der Waals surface area contributed by atoms with E-state index in [4.69, 9.17) is 16.6 Å². The lowest BCUT2D eigenvalue weighted by atomic mass is 10.1. The van der Waals surface area contributed by atoms with E-state index in [0.717, 1.165) is 46.0 Å². The number of H-pyrrole nitrogens is 1. The Labute approximate surface area is 178 Å². The fourth-order valence-electron chi connectivity index (χ4n) is 3.52. The number of hydrogen-bond acceptors (Lipinski definition) is 2. The molecule has 0 unspecified atom stereocenters. The van der Waals surface area contributed by atoms with E-state index in [0.29, 0.717) is 11.4 Å². The zero-order chi connectivity index (χ0) is 20.5. The molecular weight excluding hydrogens is 399 g/mol. The molecule has 0 bridgehead atoms. The Kier molecular flexibility index (Phi) is 4.81. The molecule has 0 atom stereocenters. The Hall–Kier alpha value is -3.44. The normalized spacial score (nSPS) is 11.3. The maximum absolute atomic E-state index is 13.2. The molecule has 4 nitrogen and oxygen atoms in total.